The molecule has 0 atom stereocenters. The first kappa shape index (κ1) is 28.3. The van der Waals surface area contributed by atoms with Crippen molar-refractivity contribution in [3.05, 3.63) is 179 Å². The van der Waals surface area contributed by atoms with E-state index in [0.29, 0.717) is 5.82 Å². The molecule has 0 fully saturated rings. The molecule has 0 unspecified atom stereocenters. The van der Waals surface area contributed by atoms with Gasteiger partial charge in [-0.3, -0.25) is 0 Å². The first-order valence-corrected chi connectivity index (χ1v) is 17.9. The Kier molecular flexibility index (Phi) is 6.09. The van der Waals surface area contributed by atoms with Crippen LogP contribution in [0.4, 0.5) is 11.4 Å². The number of nitrogens with zero attached hydrogens (tertiary/aromatic N) is 4. The Morgan fingerprint density at radius 2 is 1.16 bits per heavy atom. The standard InChI is InChI=1S/C46H26N4S/c1-2-12-27(13-3-1)28-14-4-5-15-29(28)30-16-6-7-18-32(30)41-35(46-47-26-40-44(50-46)34-19-9-11-21-39(34)51-40)23-25-37-42(41)43-38(48-37)24-22-33-31-17-8-10-20-36(31)49-45(33)43/h1-26H. The largest absolute Gasteiger partial charge is 0.248 e. The third-order valence-corrected chi connectivity index (χ3v) is 11.2. The minimum Gasteiger partial charge on any atom is -0.248 e. The maximum atomic E-state index is 5.32. The van der Waals surface area contributed by atoms with Crippen LogP contribution in [0.15, 0.2) is 168 Å². The summed E-state index contributed by atoms with van der Waals surface area (Å²) in [7, 11) is 0. The van der Waals surface area contributed by atoms with Gasteiger partial charge in [-0.2, -0.15) is 0 Å². The number of para-hydroxylation sites is 1. The van der Waals surface area contributed by atoms with Crippen LogP contribution in [-0.4, -0.2) is 9.97 Å². The summed E-state index contributed by atoms with van der Waals surface area (Å²) in [4.78, 5) is 20.8. The quantitative estimate of drug-likeness (QED) is 0.188. The molecule has 9 aromatic rings. The molecule has 0 N–H and O–H groups in total. The first-order valence-electron chi connectivity index (χ1n) is 17.1. The molecule has 5 heteroatoms. The van der Waals surface area contributed by atoms with Crippen LogP contribution < -0.4 is 10.7 Å². The van der Waals surface area contributed by atoms with Gasteiger partial charge in [0.1, 0.15) is 0 Å². The highest BCUT2D eigenvalue weighted by Gasteiger charge is 2.29. The van der Waals surface area contributed by atoms with Crippen molar-refractivity contribution in [1.29, 1.82) is 0 Å². The molecular formula is C46H26N4S. The van der Waals surface area contributed by atoms with Crippen LogP contribution in [0.3, 0.4) is 0 Å². The van der Waals surface area contributed by atoms with E-state index < -0.39 is 0 Å². The number of aromatic nitrogens is 2. The van der Waals surface area contributed by atoms with E-state index >= 15 is 0 Å². The SMILES string of the molecule is c1ccc(-c2ccccc2-c2ccccc2-c2c(-c3ncc4sc5ccccc5c4n3)ccc3c2-c2c4c(ccc2=N3)=c2ccccc2=N4)cc1. The van der Waals surface area contributed by atoms with Crippen molar-refractivity contribution < 1.29 is 0 Å². The van der Waals surface area contributed by atoms with E-state index in [4.69, 9.17) is 20.0 Å². The lowest BCUT2D eigenvalue weighted by Crippen LogP contribution is -2.02. The highest BCUT2D eigenvalue weighted by molar-refractivity contribution is 7.25. The fourth-order valence-corrected chi connectivity index (χ4v) is 8.88. The molecule has 0 saturated heterocycles. The van der Waals surface area contributed by atoms with Crippen LogP contribution in [0.5, 0.6) is 0 Å². The maximum Gasteiger partial charge on any atom is 0.160 e. The molecule has 236 valence electrons. The molecule has 2 aliphatic heterocycles. The van der Waals surface area contributed by atoms with Gasteiger partial charge in [0.2, 0.25) is 0 Å². The second-order valence-corrected chi connectivity index (χ2v) is 14.0. The molecule has 0 saturated carbocycles. The van der Waals surface area contributed by atoms with Gasteiger partial charge in [0.05, 0.1) is 32.3 Å². The fourth-order valence-electron chi connectivity index (χ4n) is 7.87. The van der Waals surface area contributed by atoms with Gasteiger partial charge in [0.15, 0.2) is 5.82 Å². The Hall–Kier alpha value is -6.56. The third-order valence-electron chi connectivity index (χ3n) is 10.1. The van der Waals surface area contributed by atoms with E-state index in [2.05, 4.69) is 152 Å². The number of hydrogen-bond acceptors (Lipinski definition) is 5. The topological polar surface area (TPSA) is 50.5 Å². The molecule has 0 radical (unpaired) electrons. The van der Waals surface area contributed by atoms with E-state index in [9.17, 15) is 0 Å². The summed E-state index contributed by atoms with van der Waals surface area (Å²) >= 11 is 1.73. The molecule has 0 aliphatic carbocycles. The zero-order valence-electron chi connectivity index (χ0n) is 27.2. The van der Waals surface area contributed by atoms with E-state index in [-0.39, 0.29) is 0 Å². The van der Waals surface area contributed by atoms with Crippen molar-refractivity contribution in [2.24, 2.45) is 9.98 Å². The summed E-state index contributed by atoms with van der Waals surface area (Å²) in [5.74, 6) is 0.691. The van der Waals surface area contributed by atoms with Gasteiger partial charge in [-0.1, -0.05) is 115 Å². The highest BCUT2D eigenvalue weighted by Crippen LogP contribution is 2.51. The van der Waals surface area contributed by atoms with E-state index in [1.807, 2.05) is 6.20 Å². The summed E-state index contributed by atoms with van der Waals surface area (Å²) in [6.45, 7) is 0. The first-order chi connectivity index (χ1) is 25.3. The smallest absolute Gasteiger partial charge is 0.160 e. The lowest BCUT2D eigenvalue weighted by Gasteiger charge is -2.20. The Labute approximate surface area is 296 Å². The number of rotatable bonds is 4. The molecule has 0 bridgehead atoms. The van der Waals surface area contributed by atoms with Gasteiger partial charge in [-0.25, -0.2) is 20.0 Å². The predicted molar refractivity (Wildman–Crippen MR) is 208 cm³/mol. The van der Waals surface area contributed by atoms with Crippen molar-refractivity contribution in [2.45, 2.75) is 0 Å². The predicted octanol–water partition coefficient (Wildman–Crippen LogP) is 11.0. The molecule has 4 nitrogen and oxygen atoms in total. The van der Waals surface area contributed by atoms with Crippen LogP contribution in [0.1, 0.15) is 0 Å². The average Bonchev–Trinajstić information content (AvgIpc) is 3.89. The minimum atomic E-state index is 0.691. The van der Waals surface area contributed by atoms with Gasteiger partial charge in [0, 0.05) is 49.0 Å². The Balaban J connectivity index is 1.25. The van der Waals surface area contributed by atoms with Crippen molar-refractivity contribution in [1.82, 2.24) is 9.97 Å². The molecule has 51 heavy (non-hydrogen) atoms. The van der Waals surface area contributed by atoms with E-state index in [1.54, 1.807) is 11.3 Å². The number of benzene rings is 7. The van der Waals surface area contributed by atoms with Crippen LogP contribution in [0.2, 0.25) is 0 Å². The van der Waals surface area contributed by atoms with Gasteiger partial charge in [0.25, 0.3) is 0 Å². The minimum absolute atomic E-state index is 0.691. The van der Waals surface area contributed by atoms with Gasteiger partial charge < -0.3 is 0 Å². The van der Waals surface area contributed by atoms with Gasteiger partial charge in [-0.05, 0) is 64.2 Å². The molecule has 4 heterocycles. The van der Waals surface area contributed by atoms with Gasteiger partial charge >= 0.3 is 0 Å². The Morgan fingerprint density at radius 1 is 0.431 bits per heavy atom. The second kappa shape index (κ2) is 11.0. The summed E-state index contributed by atoms with van der Waals surface area (Å²) in [5, 5.41) is 5.35. The van der Waals surface area contributed by atoms with Crippen molar-refractivity contribution >= 4 is 43.0 Å². The van der Waals surface area contributed by atoms with E-state index in [0.717, 1.165) is 87.1 Å². The molecule has 2 aliphatic rings. The van der Waals surface area contributed by atoms with Crippen molar-refractivity contribution in [3.8, 4) is 55.9 Å². The number of thiophene rings is 1. The normalized spacial score (nSPS) is 12.2. The molecule has 7 aromatic carbocycles. The summed E-state index contributed by atoms with van der Waals surface area (Å²) in [6, 6.07) is 53.5. The zero-order chi connectivity index (χ0) is 33.5. The molecule has 0 amide bonds. The Bertz CT molecular complexity index is 3150. The lowest BCUT2D eigenvalue weighted by atomic mass is 9.84. The summed E-state index contributed by atoms with van der Waals surface area (Å²) in [5.41, 5.74) is 12.8. The molecular weight excluding hydrogens is 641 g/mol. The van der Waals surface area contributed by atoms with Crippen molar-refractivity contribution in [3.63, 3.8) is 0 Å². The number of hydrogen-bond donors (Lipinski definition) is 0. The number of fused-ring (bicyclic) bond motifs is 9. The van der Waals surface area contributed by atoms with Gasteiger partial charge in [-0.15, -0.1) is 11.3 Å². The molecule has 2 aromatic heterocycles. The van der Waals surface area contributed by atoms with Crippen LogP contribution in [0.25, 0.3) is 76.2 Å². The lowest BCUT2D eigenvalue weighted by molar-refractivity contribution is 1.24. The van der Waals surface area contributed by atoms with E-state index in [1.165, 1.54) is 15.8 Å². The summed E-state index contributed by atoms with van der Waals surface area (Å²) < 4.78 is 2.29. The molecule has 11 rings (SSSR count). The highest BCUT2D eigenvalue weighted by atomic mass is 32.1. The van der Waals surface area contributed by atoms with Crippen LogP contribution >= 0.6 is 11.3 Å². The Morgan fingerprint density at radius 3 is 2.04 bits per heavy atom. The van der Waals surface area contributed by atoms with Crippen molar-refractivity contribution in [2.75, 3.05) is 0 Å². The average molecular weight is 667 g/mol. The molecule has 0 spiro atoms. The fraction of sp³-hybridized carbons (Fsp3) is 0. The van der Waals surface area contributed by atoms with Crippen LogP contribution in [-0.2, 0) is 0 Å². The zero-order valence-corrected chi connectivity index (χ0v) is 28.0. The second-order valence-electron chi connectivity index (χ2n) is 12.9. The maximum absolute atomic E-state index is 5.32. The van der Waals surface area contributed by atoms with Crippen LogP contribution in [0, 0.1) is 10.4 Å². The monoisotopic (exact) mass is 666 g/mol. The third kappa shape index (κ3) is 4.25. The summed E-state index contributed by atoms with van der Waals surface area (Å²) in [6.07, 6.45) is 1.98.